The fourth-order valence-electron chi connectivity index (χ4n) is 2.22. The first-order valence-corrected chi connectivity index (χ1v) is 6.31. The van der Waals surface area contributed by atoms with Gasteiger partial charge in [-0.05, 0) is 27.1 Å². The van der Waals surface area contributed by atoms with Crippen molar-refractivity contribution in [2.24, 2.45) is 0 Å². The molecule has 1 heterocycles. The maximum atomic E-state index is 9.23. The Hall–Kier alpha value is -2.12. The number of hydrogen-bond acceptors (Lipinski definition) is 4. The van der Waals surface area contributed by atoms with Gasteiger partial charge >= 0.3 is 0 Å². The van der Waals surface area contributed by atoms with Crippen LogP contribution in [0, 0.1) is 11.3 Å². The Morgan fingerprint density at radius 2 is 2.11 bits per heavy atom. The van der Waals surface area contributed by atoms with E-state index in [-0.39, 0.29) is 6.04 Å². The third-order valence-corrected chi connectivity index (χ3v) is 2.93. The minimum Gasteiger partial charge on any atom is -0.380 e. The number of fused-ring (bicyclic) bond motifs is 1. The highest BCUT2D eigenvalue weighted by Gasteiger charge is 2.11. The number of anilines is 1. The molecule has 0 aliphatic heterocycles. The van der Waals surface area contributed by atoms with E-state index in [1.807, 2.05) is 38.4 Å². The molecular weight excluding hydrogens is 236 g/mol. The van der Waals surface area contributed by atoms with Crippen molar-refractivity contribution in [3.8, 4) is 6.07 Å². The number of nitrogens with one attached hydrogen (secondary N) is 1. The van der Waals surface area contributed by atoms with Crippen molar-refractivity contribution in [2.45, 2.75) is 13.0 Å². The Kier molecular flexibility index (Phi) is 3.98. The number of likely N-dealkylation sites (N-methyl/N-ethyl adjacent to an activating group) is 1. The van der Waals surface area contributed by atoms with Crippen LogP contribution in [0.1, 0.15) is 12.5 Å². The Morgan fingerprint density at radius 3 is 2.79 bits per heavy atom. The van der Waals surface area contributed by atoms with E-state index in [1.54, 1.807) is 6.20 Å². The molecule has 4 heteroatoms. The molecule has 0 saturated heterocycles. The van der Waals surface area contributed by atoms with Crippen LogP contribution in [0.15, 0.2) is 30.5 Å². The quantitative estimate of drug-likeness (QED) is 0.910. The van der Waals surface area contributed by atoms with Gasteiger partial charge in [0.25, 0.3) is 0 Å². The average Bonchev–Trinajstić information content (AvgIpc) is 2.38. The van der Waals surface area contributed by atoms with E-state index in [9.17, 15) is 5.26 Å². The summed E-state index contributed by atoms with van der Waals surface area (Å²) in [4.78, 5) is 6.43. The maximum absolute atomic E-state index is 9.23. The summed E-state index contributed by atoms with van der Waals surface area (Å²) < 4.78 is 0. The Bertz CT molecular complexity index is 613. The fourth-order valence-corrected chi connectivity index (χ4v) is 2.22. The molecule has 0 aliphatic rings. The number of pyridine rings is 1. The van der Waals surface area contributed by atoms with Gasteiger partial charge in [0, 0.05) is 24.2 Å². The van der Waals surface area contributed by atoms with Crippen LogP contribution in [-0.2, 0) is 0 Å². The highest BCUT2D eigenvalue weighted by atomic mass is 15.1. The molecule has 0 amide bonds. The van der Waals surface area contributed by atoms with Crippen molar-refractivity contribution in [3.05, 3.63) is 36.0 Å². The van der Waals surface area contributed by atoms with Crippen LogP contribution in [0.2, 0.25) is 0 Å². The summed E-state index contributed by atoms with van der Waals surface area (Å²) >= 11 is 0. The largest absolute Gasteiger partial charge is 0.380 e. The van der Waals surface area contributed by atoms with Gasteiger partial charge in [0.05, 0.1) is 16.8 Å². The Morgan fingerprint density at radius 1 is 1.37 bits per heavy atom. The summed E-state index contributed by atoms with van der Waals surface area (Å²) in [5.41, 5.74) is 2.37. The van der Waals surface area contributed by atoms with Crippen molar-refractivity contribution in [3.63, 3.8) is 0 Å². The first kappa shape index (κ1) is 13.3. The van der Waals surface area contributed by atoms with Crippen LogP contribution in [0.3, 0.4) is 0 Å². The SMILES string of the molecule is CC(CN(C)C)Nc1c(C#N)cnc2ccccc12. The summed E-state index contributed by atoms with van der Waals surface area (Å²) in [6.07, 6.45) is 1.63. The maximum Gasteiger partial charge on any atom is 0.103 e. The lowest BCUT2D eigenvalue weighted by molar-refractivity contribution is 0.392. The molecular formula is C15H18N4. The van der Waals surface area contributed by atoms with E-state index in [1.165, 1.54) is 0 Å². The summed E-state index contributed by atoms with van der Waals surface area (Å²) in [7, 11) is 4.07. The van der Waals surface area contributed by atoms with E-state index >= 15 is 0 Å². The van der Waals surface area contributed by atoms with E-state index in [0.717, 1.165) is 23.1 Å². The van der Waals surface area contributed by atoms with Crippen molar-refractivity contribution in [2.75, 3.05) is 26.0 Å². The summed E-state index contributed by atoms with van der Waals surface area (Å²) in [5.74, 6) is 0. The zero-order valence-corrected chi connectivity index (χ0v) is 11.5. The lowest BCUT2D eigenvalue weighted by atomic mass is 10.1. The molecule has 98 valence electrons. The predicted molar refractivity (Wildman–Crippen MR) is 78.1 cm³/mol. The number of aromatic nitrogens is 1. The van der Waals surface area contributed by atoms with Crippen molar-refractivity contribution < 1.29 is 0 Å². The van der Waals surface area contributed by atoms with Gasteiger partial charge in [-0.1, -0.05) is 18.2 Å². The van der Waals surface area contributed by atoms with Crippen molar-refractivity contribution in [1.82, 2.24) is 9.88 Å². The minimum atomic E-state index is 0.257. The highest BCUT2D eigenvalue weighted by Crippen LogP contribution is 2.25. The molecule has 1 N–H and O–H groups in total. The van der Waals surface area contributed by atoms with E-state index in [4.69, 9.17) is 0 Å². The molecule has 0 spiro atoms. The second-order valence-electron chi connectivity index (χ2n) is 4.98. The van der Waals surface area contributed by atoms with Gasteiger partial charge in [-0.25, -0.2) is 0 Å². The molecule has 0 saturated carbocycles. The zero-order chi connectivity index (χ0) is 13.8. The Labute approximate surface area is 113 Å². The topological polar surface area (TPSA) is 52.0 Å². The number of rotatable bonds is 4. The smallest absolute Gasteiger partial charge is 0.103 e. The Balaban J connectivity index is 2.42. The first-order chi connectivity index (χ1) is 9.11. The highest BCUT2D eigenvalue weighted by molar-refractivity contribution is 5.93. The normalized spacial score (nSPS) is 12.4. The van der Waals surface area contributed by atoms with Gasteiger partial charge in [0.2, 0.25) is 0 Å². The second kappa shape index (κ2) is 5.68. The second-order valence-corrected chi connectivity index (χ2v) is 4.98. The number of nitriles is 1. The summed E-state index contributed by atoms with van der Waals surface area (Å²) in [6, 6.07) is 10.3. The molecule has 0 fully saturated rings. The van der Waals surface area contributed by atoms with Gasteiger partial charge in [-0.3, -0.25) is 4.98 Å². The predicted octanol–water partition coefficient (Wildman–Crippen LogP) is 2.47. The molecule has 2 aromatic rings. The van der Waals surface area contributed by atoms with E-state index < -0.39 is 0 Å². The van der Waals surface area contributed by atoms with E-state index in [0.29, 0.717) is 5.56 Å². The summed E-state index contributed by atoms with van der Waals surface area (Å²) in [6.45, 7) is 3.01. The van der Waals surface area contributed by atoms with Crippen LogP contribution in [0.25, 0.3) is 10.9 Å². The molecule has 1 aromatic heterocycles. The summed E-state index contributed by atoms with van der Waals surface area (Å²) in [5, 5.41) is 13.7. The number of hydrogen-bond donors (Lipinski definition) is 1. The number of benzene rings is 1. The fraction of sp³-hybridized carbons (Fsp3) is 0.333. The first-order valence-electron chi connectivity index (χ1n) is 6.31. The third kappa shape index (κ3) is 3.01. The van der Waals surface area contributed by atoms with Gasteiger partial charge in [-0.15, -0.1) is 0 Å². The van der Waals surface area contributed by atoms with Gasteiger partial charge in [0.1, 0.15) is 6.07 Å². The molecule has 0 bridgehead atoms. The third-order valence-electron chi connectivity index (χ3n) is 2.93. The lowest BCUT2D eigenvalue weighted by Gasteiger charge is -2.21. The van der Waals surface area contributed by atoms with Gasteiger partial charge in [0.15, 0.2) is 0 Å². The monoisotopic (exact) mass is 254 g/mol. The van der Waals surface area contributed by atoms with Gasteiger partial charge < -0.3 is 10.2 Å². The van der Waals surface area contributed by atoms with Crippen molar-refractivity contribution in [1.29, 1.82) is 5.26 Å². The van der Waals surface area contributed by atoms with Crippen LogP contribution >= 0.6 is 0 Å². The number of para-hydroxylation sites is 1. The molecule has 1 aromatic carbocycles. The van der Waals surface area contributed by atoms with Crippen LogP contribution in [0.4, 0.5) is 5.69 Å². The lowest BCUT2D eigenvalue weighted by Crippen LogP contribution is -2.30. The van der Waals surface area contributed by atoms with Crippen LogP contribution in [-0.4, -0.2) is 36.6 Å². The van der Waals surface area contributed by atoms with E-state index in [2.05, 4.69) is 28.2 Å². The standard InChI is InChI=1S/C15H18N4/c1-11(10-19(2)3)18-15-12(8-16)9-17-14-7-5-4-6-13(14)15/h4-7,9,11H,10H2,1-3H3,(H,17,18). The van der Waals surface area contributed by atoms with Crippen LogP contribution < -0.4 is 5.32 Å². The van der Waals surface area contributed by atoms with Crippen molar-refractivity contribution >= 4 is 16.6 Å². The molecule has 4 nitrogen and oxygen atoms in total. The molecule has 0 aliphatic carbocycles. The molecule has 1 unspecified atom stereocenters. The number of nitrogens with zero attached hydrogens (tertiary/aromatic N) is 3. The zero-order valence-electron chi connectivity index (χ0n) is 11.5. The average molecular weight is 254 g/mol. The van der Waals surface area contributed by atoms with Gasteiger partial charge in [-0.2, -0.15) is 5.26 Å². The molecule has 2 rings (SSSR count). The minimum absolute atomic E-state index is 0.257. The van der Waals surface area contributed by atoms with Crippen LogP contribution in [0.5, 0.6) is 0 Å². The molecule has 1 atom stereocenters. The molecule has 19 heavy (non-hydrogen) atoms. The molecule has 0 radical (unpaired) electrons.